The maximum Gasteiger partial charge on any atom is 0.273 e. The molecule has 0 radical (unpaired) electrons. The van der Waals surface area contributed by atoms with Gasteiger partial charge in [0.2, 0.25) is 0 Å². The van der Waals surface area contributed by atoms with Crippen LogP contribution in [0.5, 0.6) is 0 Å². The minimum atomic E-state index is -0.281. The van der Waals surface area contributed by atoms with Gasteiger partial charge in [-0.1, -0.05) is 146 Å². The third-order valence-electron chi connectivity index (χ3n) is 13.4. The van der Waals surface area contributed by atoms with Crippen LogP contribution in [-0.2, 0) is 6.54 Å². The van der Waals surface area contributed by atoms with E-state index in [4.69, 9.17) is 13.8 Å². The molecular weight excluding hydrogens is 795 g/mol. The monoisotopic (exact) mass is 836 g/mol. The Hall–Kier alpha value is -8.28. The molecule has 9 aromatic carbocycles. The average Bonchev–Trinajstić information content (AvgIpc) is 4.05. The molecule has 0 fully saturated rings. The molecule has 0 aliphatic carbocycles. The molecular formula is C60H42N3O2+. The van der Waals surface area contributed by atoms with Crippen LogP contribution in [0.2, 0.25) is 0 Å². The predicted octanol–water partition coefficient (Wildman–Crippen LogP) is 15.5. The van der Waals surface area contributed by atoms with E-state index in [1.165, 1.54) is 33.1 Å². The number of furan rings is 2. The lowest BCUT2D eigenvalue weighted by molar-refractivity contribution is -0.588. The van der Waals surface area contributed by atoms with Gasteiger partial charge in [0.25, 0.3) is 6.17 Å². The van der Waals surface area contributed by atoms with Crippen molar-refractivity contribution in [3.63, 3.8) is 0 Å². The summed E-state index contributed by atoms with van der Waals surface area (Å²) in [5, 5.41) is 6.92. The van der Waals surface area contributed by atoms with E-state index >= 15 is 0 Å². The Morgan fingerprint density at radius 3 is 2.00 bits per heavy atom. The van der Waals surface area contributed by atoms with Crippen LogP contribution in [0.1, 0.15) is 36.2 Å². The molecule has 1 unspecified atom stereocenters. The topological polar surface area (TPSA) is 46.6 Å². The Kier molecular flexibility index (Phi) is 8.56. The van der Waals surface area contributed by atoms with Crippen LogP contribution < -0.4 is 0 Å². The van der Waals surface area contributed by atoms with Crippen LogP contribution in [0, 0.1) is 0 Å². The third kappa shape index (κ3) is 6.15. The number of hydrogen-bond donors (Lipinski definition) is 0. The van der Waals surface area contributed by atoms with Gasteiger partial charge in [-0.05, 0) is 82.9 Å². The smallest absolute Gasteiger partial charge is 0.273 e. The largest absolute Gasteiger partial charge is 0.456 e. The molecule has 1 atom stereocenters. The van der Waals surface area contributed by atoms with Crippen molar-refractivity contribution in [2.45, 2.75) is 26.1 Å². The summed E-state index contributed by atoms with van der Waals surface area (Å²) in [5.74, 6) is 0. The highest BCUT2D eigenvalue weighted by atomic mass is 16.3. The van der Waals surface area contributed by atoms with Crippen molar-refractivity contribution in [3.05, 3.63) is 223 Å². The zero-order chi connectivity index (χ0) is 43.0. The van der Waals surface area contributed by atoms with Crippen LogP contribution >= 0.6 is 0 Å². The number of aliphatic imine (C=N–C) groups is 1. The minimum Gasteiger partial charge on any atom is -0.456 e. The lowest BCUT2D eigenvalue weighted by atomic mass is 9.96. The summed E-state index contributed by atoms with van der Waals surface area (Å²) in [6.07, 6.45) is 0.485. The van der Waals surface area contributed by atoms with Gasteiger partial charge in [-0.3, -0.25) is 0 Å². The van der Waals surface area contributed by atoms with Gasteiger partial charge in [-0.25, -0.2) is 9.57 Å². The Labute approximate surface area is 375 Å². The van der Waals surface area contributed by atoms with Gasteiger partial charge in [0, 0.05) is 56.1 Å². The number of rotatable bonds is 7. The van der Waals surface area contributed by atoms with Crippen molar-refractivity contribution in [2.24, 2.45) is 4.99 Å². The third-order valence-corrected chi connectivity index (χ3v) is 13.4. The fourth-order valence-electron chi connectivity index (χ4n) is 10.3. The molecule has 0 N–H and O–H groups in total. The van der Waals surface area contributed by atoms with Crippen LogP contribution in [0.25, 0.3) is 93.6 Å². The van der Waals surface area contributed by atoms with E-state index in [1.54, 1.807) is 0 Å². The van der Waals surface area contributed by atoms with E-state index in [1.807, 2.05) is 12.1 Å². The van der Waals surface area contributed by atoms with Crippen molar-refractivity contribution in [3.8, 4) is 27.9 Å². The van der Waals surface area contributed by atoms with Crippen LogP contribution in [0.4, 0.5) is 0 Å². The maximum atomic E-state index is 6.67. The molecule has 308 valence electrons. The number of benzene rings is 9. The van der Waals surface area contributed by atoms with E-state index in [2.05, 4.69) is 210 Å². The Bertz CT molecular complexity index is 3890. The standard InChI is InChI=1S/C60H42N3O2/c1-38-34-52(41-14-4-2-5-15-41)61-60(62(38)37-39-26-28-40(29-27-39)45-20-12-21-48-47-19-9-11-24-55(47)65-59(45)48)49-22-13-25-57-58(49)51-36-43(31-33-56(51)64-57)42-30-32-54-50(35-42)46-18-8-10-23-53(46)63(54)44-16-6-3-7-17-44/h2-33,35-36,60H,34,37H2,1H3/q+1. The van der Waals surface area contributed by atoms with Crippen LogP contribution in [0.15, 0.2) is 220 Å². The van der Waals surface area contributed by atoms with E-state index < -0.39 is 0 Å². The van der Waals surface area contributed by atoms with Gasteiger partial charge in [0.1, 0.15) is 22.3 Å². The minimum absolute atomic E-state index is 0.281. The first-order valence-electron chi connectivity index (χ1n) is 22.4. The summed E-state index contributed by atoms with van der Waals surface area (Å²) < 4.78 is 17.9. The summed E-state index contributed by atoms with van der Waals surface area (Å²) in [6, 6.07) is 73.6. The van der Waals surface area contributed by atoms with E-state index in [-0.39, 0.29) is 6.17 Å². The number of hydrogen-bond acceptors (Lipinski definition) is 3. The predicted molar refractivity (Wildman–Crippen MR) is 268 cm³/mol. The first kappa shape index (κ1) is 37.3. The number of aromatic nitrogens is 1. The second kappa shape index (κ2) is 14.9. The molecule has 0 bridgehead atoms. The summed E-state index contributed by atoms with van der Waals surface area (Å²) in [4.78, 5) is 5.64. The van der Waals surface area contributed by atoms with Gasteiger partial charge >= 0.3 is 0 Å². The quantitative estimate of drug-likeness (QED) is 0.150. The molecule has 5 nitrogen and oxygen atoms in total. The van der Waals surface area contributed by atoms with Crippen molar-refractivity contribution >= 4 is 77.1 Å². The fourth-order valence-corrected chi connectivity index (χ4v) is 10.3. The molecule has 0 saturated carbocycles. The molecule has 12 aromatic rings. The Morgan fingerprint density at radius 1 is 0.508 bits per heavy atom. The maximum absolute atomic E-state index is 6.67. The van der Waals surface area contributed by atoms with Crippen molar-refractivity contribution in [1.82, 2.24) is 4.57 Å². The van der Waals surface area contributed by atoms with Crippen molar-refractivity contribution in [1.29, 1.82) is 0 Å². The second-order valence-corrected chi connectivity index (χ2v) is 17.3. The first-order chi connectivity index (χ1) is 32.1. The highest BCUT2D eigenvalue weighted by molar-refractivity contribution is 6.14. The number of para-hydroxylation sites is 4. The first-order valence-corrected chi connectivity index (χ1v) is 22.4. The van der Waals surface area contributed by atoms with Gasteiger partial charge in [-0.15, -0.1) is 0 Å². The zero-order valence-corrected chi connectivity index (χ0v) is 35.8. The molecule has 0 saturated heterocycles. The lowest BCUT2D eigenvalue weighted by Gasteiger charge is -2.22. The molecule has 65 heavy (non-hydrogen) atoms. The van der Waals surface area contributed by atoms with Gasteiger partial charge < -0.3 is 13.4 Å². The van der Waals surface area contributed by atoms with Crippen LogP contribution in [0.3, 0.4) is 0 Å². The van der Waals surface area contributed by atoms with Crippen LogP contribution in [-0.4, -0.2) is 20.6 Å². The highest BCUT2D eigenvalue weighted by Gasteiger charge is 2.33. The second-order valence-electron chi connectivity index (χ2n) is 17.3. The molecule has 5 heteroatoms. The summed E-state index contributed by atoms with van der Waals surface area (Å²) in [7, 11) is 0. The van der Waals surface area contributed by atoms with E-state index in [9.17, 15) is 0 Å². The van der Waals surface area contributed by atoms with Gasteiger partial charge in [0.05, 0.1) is 28.7 Å². The molecule has 4 heterocycles. The molecule has 0 amide bonds. The summed E-state index contributed by atoms with van der Waals surface area (Å²) >= 11 is 0. The Balaban J connectivity index is 0.914. The van der Waals surface area contributed by atoms with E-state index in [0.717, 1.165) is 95.1 Å². The summed E-state index contributed by atoms with van der Waals surface area (Å²) in [5.41, 5.74) is 17.5. The zero-order valence-electron chi connectivity index (χ0n) is 35.8. The van der Waals surface area contributed by atoms with E-state index in [0.29, 0.717) is 6.54 Å². The number of nitrogens with zero attached hydrogens (tertiary/aromatic N) is 3. The lowest BCUT2D eigenvalue weighted by Crippen LogP contribution is -2.30. The fraction of sp³-hybridized carbons (Fsp3) is 0.0667. The molecule has 13 rings (SSSR count). The SMILES string of the molecule is CC1=[N+](Cc2ccc(-c3cccc4c3oc3ccccc34)cc2)C(c2cccc3oc4ccc(-c5ccc6c(c5)c5ccccc5n6-c5ccccc5)cc4c23)N=C(c2ccccc2)C1. The normalized spacial score (nSPS) is 14.4. The summed E-state index contributed by atoms with van der Waals surface area (Å²) in [6.45, 7) is 2.96. The molecule has 3 aromatic heterocycles. The van der Waals surface area contributed by atoms with Crippen molar-refractivity contribution in [2.75, 3.05) is 0 Å². The molecule has 1 aliphatic heterocycles. The Morgan fingerprint density at radius 2 is 1.15 bits per heavy atom. The average molecular weight is 837 g/mol. The molecule has 1 aliphatic rings. The van der Waals surface area contributed by atoms with Crippen molar-refractivity contribution < 1.29 is 13.4 Å². The molecule has 0 spiro atoms. The van der Waals surface area contributed by atoms with Gasteiger partial charge in [0.15, 0.2) is 12.3 Å². The number of fused-ring (bicyclic) bond motifs is 9. The van der Waals surface area contributed by atoms with Gasteiger partial charge in [-0.2, -0.15) is 0 Å². The highest BCUT2D eigenvalue weighted by Crippen LogP contribution is 2.41.